The van der Waals surface area contributed by atoms with Crippen LogP contribution < -0.4 is 54.8 Å². The maximum absolute atomic E-state index is 14.2. The van der Waals surface area contributed by atoms with Crippen LogP contribution in [0.3, 0.4) is 0 Å². The molecule has 0 aliphatic carbocycles. The smallest absolute Gasteiger partial charge is 0.325 e. The molecule has 2 aromatic rings. The molecule has 0 fully saturated rings. The number of H-pyrrole nitrogens is 1. The van der Waals surface area contributed by atoms with Crippen LogP contribution in [0.5, 0.6) is 0 Å². The summed E-state index contributed by atoms with van der Waals surface area (Å²) in [4.78, 5) is 116. The number of hydrogen-bond donors (Lipinski definition) is 14. The molecule has 348 valence electrons. The Hall–Kier alpha value is -6.66. The fraction of sp³-hybridized carbons (Fsp3) is 0.538. The largest absolute Gasteiger partial charge is 0.481 e. The summed E-state index contributed by atoms with van der Waals surface area (Å²) < 4.78 is 0. The maximum Gasteiger partial charge on any atom is 0.325 e. The van der Waals surface area contributed by atoms with Crippen molar-refractivity contribution in [1.29, 1.82) is 0 Å². The first kappa shape index (κ1) is 52.5. The van der Waals surface area contributed by atoms with E-state index in [2.05, 4.69) is 46.9 Å². The molecule has 6 amide bonds. The number of aliphatic hydroxyl groups is 1. The van der Waals surface area contributed by atoms with Crippen molar-refractivity contribution in [3.8, 4) is 0 Å². The van der Waals surface area contributed by atoms with Gasteiger partial charge >= 0.3 is 11.9 Å². The Morgan fingerprint density at radius 2 is 1.21 bits per heavy atom. The second-order valence-corrected chi connectivity index (χ2v) is 14.8. The summed E-state index contributed by atoms with van der Waals surface area (Å²) in [6.45, 7) is 2.82. The van der Waals surface area contributed by atoms with Gasteiger partial charge in [0.2, 0.25) is 35.4 Å². The second-order valence-electron chi connectivity index (χ2n) is 14.8. The molecule has 2 rings (SSSR count). The van der Waals surface area contributed by atoms with E-state index in [1.165, 1.54) is 26.4 Å². The van der Waals surface area contributed by atoms with Crippen molar-refractivity contribution >= 4 is 53.3 Å². The van der Waals surface area contributed by atoms with Crippen LogP contribution in [0.25, 0.3) is 0 Å². The number of aromatic nitrogens is 2. The number of amides is 6. The van der Waals surface area contributed by atoms with Crippen molar-refractivity contribution in [3.05, 3.63) is 54.1 Å². The molecule has 24 nitrogen and oxygen atoms in total. The van der Waals surface area contributed by atoms with Gasteiger partial charge < -0.3 is 75.1 Å². The van der Waals surface area contributed by atoms with Crippen LogP contribution in [0.2, 0.25) is 0 Å². The molecule has 8 atom stereocenters. The number of aromatic amines is 1. The highest BCUT2D eigenvalue weighted by atomic mass is 16.4. The number of aliphatic imine (C=N–C) groups is 1. The standard InChI is InChI=1S/C39H61N13O11/c1-21(38(62)63)47-32(56)25(11-6-7-15-40)48-36(60)29(18-24-19-44-20-46-24)52-33(57)26(12-8-16-45-39(42)43)49-35(59)28(17-23-9-4-3-5-10-23)51-34(58)27(13-14-30(54)55)50-37(61)31(41)22(2)53/h3-5,9-10,19-22,25-29,31,53H,6-8,11-18,40-41H2,1-2H3,(H,44,46)(H,47,56)(H,48,60)(H,49,59)(H,50,61)(H,51,58)(H,52,57)(H,54,55)(H,62,63)(H4,42,43,45)/t21-,22+,25-,26-,27-,28-,29-,31-/m0/s1. The zero-order valence-corrected chi connectivity index (χ0v) is 35.2. The SMILES string of the molecule is C[C@H](NC(=O)[C@H](CCCCN)NC(=O)[C@H](Cc1cnc[nH]1)NC(=O)[C@H](CCCN=C(N)N)NC(=O)[C@H](Cc1ccccc1)NC(=O)[C@H](CCC(=O)O)NC(=O)[C@@H](N)[C@@H](C)O)C(=O)O. The van der Waals surface area contributed by atoms with Crippen molar-refractivity contribution in [2.75, 3.05) is 13.1 Å². The first-order valence-electron chi connectivity index (χ1n) is 20.3. The monoisotopic (exact) mass is 887 g/mol. The molecular formula is C39H61N13O11. The number of guanidine groups is 1. The summed E-state index contributed by atoms with van der Waals surface area (Å²) >= 11 is 0. The topological polar surface area (TPSA) is 415 Å². The Morgan fingerprint density at radius 3 is 1.71 bits per heavy atom. The second kappa shape index (κ2) is 27.3. The Kier molecular flexibility index (Phi) is 22.8. The van der Waals surface area contributed by atoms with Gasteiger partial charge in [-0.15, -0.1) is 0 Å². The van der Waals surface area contributed by atoms with E-state index in [-0.39, 0.29) is 44.6 Å². The van der Waals surface area contributed by atoms with E-state index >= 15 is 0 Å². The van der Waals surface area contributed by atoms with E-state index in [9.17, 15) is 53.7 Å². The van der Waals surface area contributed by atoms with Crippen LogP contribution in [0.1, 0.15) is 70.1 Å². The lowest BCUT2D eigenvalue weighted by atomic mass is 10.0. The molecule has 0 saturated carbocycles. The Bertz CT molecular complexity index is 1840. The summed E-state index contributed by atoms with van der Waals surface area (Å²) in [6.07, 6.45) is 1.11. The third-order valence-corrected chi connectivity index (χ3v) is 9.52. The van der Waals surface area contributed by atoms with Crippen LogP contribution >= 0.6 is 0 Å². The van der Waals surface area contributed by atoms with E-state index in [1.807, 2.05) is 0 Å². The highest BCUT2D eigenvalue weighted by molar-refractivity contribution is 5.97. The maximum atomic E-state index is 14.2. The molecule has 0 aliphatic heterocycles. The van der Waals surface area contributed by atoms with Gasteiger partial charge in [-0.05, 0) is 64.5 Å². The summed E-state index contributed by atoms with van der Waals surface area (Å²) in [5, 5.41) is 43.6. The number of rotatable bonds is 29. The molecule has 63 heavy (non-hydrogen) atoms. The van der Waals surface area contributed by atoms with Crippen molar-refractivity contribution in [1.82, 2.24) is 41.9 Å². The van der Waals surface area contributed by atoms with Crippen molar-refractivity contribution < 1.29 is 53.7 Å². The number of imidazole rings is 1. The Labute approximate surface area is 363 Å². The highest BCUT2D eigenvalue weighted by Crippen LogP contribution is 2.10. The number of carboxylic acid groups (broad SMARTS) is 2. The number of hydrogen-bond acceptors (Lipinski definition) is 13. The van der Waals surface area contributed by atoms with Crippen molar-refractivity contribution in [3.63, 3.8) is 0 Å². The van der Waals surface area contributed by atoms with Gasteiger partial charge in [-0.1, -0.05) is 30.3 Å². The minimum absolute atomic E-state index is 0.0259. The quantitative estimate of drug-likeness (QED) is 0.0210. The van der Waals surface area contributed by atoms with E-state index in [0.29, 0.717) is 30.6 Å². The number of carboxylic acids is 2. The van der Waals surface area contributed by atoms with E-state index in [0.717, 1.165) is 0 Å². The Morgan fingerprint density at radius 1 is 0.698 bits per heavy atom. The van der Waals surface area contributed by atoms with Crippen molar-refractivity contribution in [2.24, 2.45) is 27.9 Å². The van der Waals surface area contributed by atoms with Gasteiger partial charge in [0, 0.05) is 37.7 Å². The van der Waals surface area contributed by atoms with Gasteiger partial charge in [0.15, 0.2) is 5.96 Å². The van der Waals surface area contributed by atoms with Crippen LogP contribution in [0.15, 0.2) is 47.8 Å². The summed E-state index contributed by atoms with van der Waals surface area (Å²) in [7, 11) is 0. The first-order valence-corrected chi connectivity index (χ1v) is 20.3. The molecule has 0 aliphatic rings. The van der Waals surface area contributed by atoms with E-state index < -0.39 is 109 Å². The van der Waals surface area contributed by atoms with Gasteiger partial charge in [-0.25, -0.2) is 4.98 Å². The predicted molar refractivity (Wildman–Crippen MR) is 227 cm³/mol. The predicted octanol–water partition coefficient (Wildman–Crippen LogP) is -4.04. The van der Waals surface area contributed by atoms with Crippen LogP contribution in [-0.4, -0.2) is 140 Å². The highest BCUT2D eigenvalue weighted by Gasteiger charge is 2.34. The van der Waals surface area contributed by atoms with Crippen molar-refractivity contribution in [2.45, 2.75) is 120 Å². The van der Waals surface area contributed by atoms with Gasteiger partial charge in [0.1, 0.15) is 42.3 Å². The lowest BCUT2D eigenvalue weighted by Crippen LogP contribution is -2.60. The number of nitrogens with two attached hydrogens (primary N) is 4. The Balaban J connectivity index is 2.50. The average molecular weight is 888 g/mol. The minimum Gasteiger partial charge on any atom is -0.481 e. The number of aliphatic hydroxyl groups excluding tert-OH is 1. The number of nitrogens with zero attached hydrogens (tertiary/aromatic N) is 2. The lowest BCUT2D eigenvalue weighted by Gasteiger charge is -2.27. The fourth-order valence-corrected chi connectivity index (χ4v) is 5.91. The number of nitrogens with one attached hydrogen (secondary N) is 7. The fourth-order valence-electron chi connectivity index (χ4n) is 5.91. The lowest BCUT2D eigenvalue weighted by molar-refractivity contribution is -0.142. The van der Waals surface area contributed by atoms with E-state index in [4.69, 9.17) is 22.9 Å². The zero-order chi connectivity index (χ0) is 47.1. The number of carbonyl (C=O) groups excluding carboxylic acids is 6. The molecule has 18 N–H and O–H groups in total. The van der Waals surface area contributed by atoms with Gasteiger partial charge in [-0.2, -0.15) is 0 Å². The number of carbonyl (C=O) groups is 8. The molecule has 1 aromatic carbocycles. The molecule has 1 heterocycles. The first-order chi connectivity index (χ1) is 29.8. The zero-order valence-electron chi connectivity index (χ0n) is 35.2. The third-order valence-electron chi connectivity index (χ3n) is 9.52. The third kappa shape index (κ3) is 19.7. The molecule has 0 bridgehead atoms. The summed E-state index contributed by atoms with van der Waals surface area (Å²) in [6, 6.07) is -1.32. The molecule has 1 aromatic heterocycles. The number of aliphatic carboxylic acids is 2. The molecule has 0 radical (unpaired) electrons. The number of unbranched alkanes of at least 4 members (excludes halogenated alkanes) is 1. The minimum atomic E-state index is -1.52. The normalized spacial score (nSPS) is 14.7. The molecule has 0 spiro atoms. The van der Waals surface area contributed by atoms with Crippen LogP contribution in [0, 0.1) is 0 Å². The van der Waals surface area contributed by atoms with Crippen LogP contribution in [-0.2, 0) is 51.2 Å². The molecule has 0 unspecified atom stereocenters. The summed E-state index contributed by atoms with van der Waals surface area (Å²) in [5.41, 5.74) is 23.3. The molecule has 0 saturated heterocycles. The van der Waals surface area contributed by atoms with E-state index in [1.54, 1.807) is 30.3 Å². The van der Waals surface area contributed by atoms with Crippen LogP contribution in [0.4, 0.5) is 0 Å². The van der Waals surface area contributed by atoms with Gasteiger partial charge in [-0.3, -0.25) is 43.3 Å². The molecule has 24 heteroatoms. The summed E-state index contributed by atoms with van der Waals surface area (Å²) in [5.74, 6) is -8.13. The molecular weight excluding hydrogens is 827 g/mol. The van der Waals surface area contributed by atoms with Gasteiger partial charge in [0.05, 0.1) is 12.4 Å². The van der Waals surface area contributed by atoms with Gasteiger partial charge in [0.25, 0.3) is 0 Å². The average Bonchev–Trinajstić information content (AvgIpc) is 3.75. The number of benzene rings is 1.